The van der Waals surface area contributed by atoms with Crippen LogP contribution in [0.2, 0.25) is 0 Å². The van der Waals surface area contributed by atoms with Crippen LogP contribution in [0.5, 0.6) is 5.75 Å². The van der Waals surface area contributed by atoms with Crippen molar-refractivity contribution in [2.24, 2.45) is 7.05 Å². The number of benzene rings is 1. The van der Waals surface area contributed by atoms with E-state index in [0.717, 1.165) is 4.47 Å². The number of pyridine rings is 1. The lowest BCUT2D eigenvalue weighted by atomic mass is 10.2. The summed E-state index contributed by atoms with van der Waals surface area (Å²) in [5.74, 6) is 0.0831. The molecule has 0 aliphatic rings. The molecule has 3 aromatic rings. The fourth-order valence-corrected chi connectivity index (χ4v) is 2.73. The quantitative estimate of drug-likeness (QED) is 0.695. The molecule has 0 saturated carbocycles. The van der Waals surface area contributed by atoms with Crippen molar-refractivity contribution in [1.82, 2.24) is 14.3 Å². The average Bonchev–Trinajstić information content (AvgIpc) is 2.73. The Kier molecular flexibility index (Phi) is 4.16. The third kappa shape index (κ3) is 2.98. The van der Waals surface area contributed by atoms with E-state index in [4.69, 9.17) is 0 Å². The van der Waals surface area contributed by atoms with Gasteiger partial charge in [0.2, 0.25) is 0 Å². The van der Waals surface area contributed by atoms with Crippen LogP contribution in [0.25, 0.3) is 11.0 Å². The standard InChI is InChI=1S/C15H12BrF2N3O2/c1-20-14(22)13-11(6-10(16)7-19-13)21(20)8-9-4-2-3-5-12(9)23-15(17)18/h2-7,15H,8H2,1H3. The molecule has 0 spiro atoms. The molecule has 5 nitrogen and oxygen atoms in total. The molecule has 0 atom stereocenters. The van der Waals surface area contributed by atoms with Gasteiger partial charge in [-0.05, 0) is 28.1 Å². The molecule has 0 bridgehead atoms. The zero-order valence-corrected chi connectivity index (χ0v) is 13.6. The summed E-state index contributed by atoms with van der Waals surface area (Å²) in [5.41, 5.74) is 1.22. The maximum atomic E-state index is 12.5. The Morgan fingerprint density at radius 3 is 2.83 bits per heavy atom. The number of hydrogen-bond donors (Lipinski definition) is 0. The van der Waals surface area contributed by atoms with E-state index in [0.29, 0.717) is 16.6 Å². The maximum Gasteiger partial charge on any atom is 0.387 e. The molecular formula is C15H12BrF2N3O2. The summed E-state index contributed by atoms with van der Waals surface area (Å²) in [6.07, 6.45) is 1.54. The van der Waals surface area contributed by atoms with E-state index in [-0.39, 0.29) is 17.9 Å². The predicted molar refractivity (Wildman–Crippen MR) is 84.9 cm³/mol. The van der Waals surface area contributed by atoms with Crippen LogP contribution >= 0.6 is 15.9 Å². The first-order valence-corrected chi connectivity index (χ1v) is 7.50. The highest BCUT2D eigenvalue weighted by Crippen LogP contribution is 2.23. The highest BCUT2D eigenvalue weighted by molar-refractivity contribution is 9.10. The van der Waals surface area contributed by atoms with Crippen LogP contribution in [0.4, 0.5) is 8.78 Å². The Hall–Kier alpha value is -2.22. The molecule has 2 aromatic heterocycles. The summed E-state index contributed by atoms with van der Waals surface area (Å²) in [6.45, 7) is -2.70. The highest BCUT2D eigenvalue weighted by Gasteiger charge is 2.15. The molecule has 120 valence electrons. The Labute approximate surface area is 138 Å². The van der Waals surface area contributed by atoms with E-state index in [2.05, 4.69) is 25.7 Å². The van der Waals surface area contributed by atoms with Crippen LogP contribution in [-0.4, -0.2) is 21.0 Å². The SMILES string of the molecule is Cn1c(=O)c2ncc(Br)cc2n1Cc1ccccc1OC(F)F. The second-order valence-corrected chi connectivity index (χ2v) is 5.81. The fourth-order valence-electron chi connectivity index (χ4n) is 2.41. The number of rotatable bonds is 4. The van der Waals surface area contributed by atoms with Gasteiger partial charge in [0, 0.05) is 23.3 Å². The van der Waals surface area contributed by atoms with E-state index < -0.39 is 6.61 Å². The molecule has 0 radical (unpaired) electrons. The van der Waals surface area contributed by atoms with Gasteiger partial charge in [-0.15, -0.1) is 0 Å². The van der Waals surface area contributed by atoms with E-state index in [9.17, 15) is 13.6 Å². The topological polar surface area (TPSA) is 49.0 Å². The van der Waals surface area contributed by atoms with Crippen LogP contribution in [0.3, 0.4) is 0 Å². The number of halogens is 3. The number of fused-ring (bicyclic) bond motifs is 1. The van der Waals surface area contributed by atoms with E-state index in [1.165, 1.54) is 10.7 Å². The van der Waals surface area contributed by atoms with Gasteiger partial charge in [0.15, 0.2) is 5.52 Å². The van der Waals surface area contributed by atoms with Crippen molar-refractivity contribution in [3.63, 3.8) is 0 Å². The number of hydrogen-bond acceptors (Lipinski definition) is 3. The normalized spacial score (nSPS) is 11.3. The minimum absolute atomic E-state index is 0.0831. The lowest BCUT2D eigenvalue weighted by Gasteiger charge is -2.13. The Balaban J connectivity index is 2.11. The summed E-state index contributed by atoms with van der Waals surface area (Å²) in [4.78, 5) is 16.3. The molecule has 23 heavy (non-hydrogen) atoms. The minimum atomic E-state index is -2.91. The van der Waals surface area contributed by atoms with Crippen molar-refractivity contribution in [2.75, 3.05) is 0 Å². The van der Waals surface area contributed by atoms with E-state index in [1.54, 1.807) is 42.2 Å². The molecule has 0 aliphatic heterocycles. The lowest BCUT2D eigenvalue weighted by Crippen LogP contribution is -2.20. The molecule has 0 fully saturated rings. The van der Waals surface area contributed by atoms with Crippen molar-refractivity contribution in [3.8, 4) is 5.75 Å². The molecule has 0 unspecified atom stereocenters. The van der Waals surface area contributed by atoms with Crippen LogP contribution in [-0.2, 0) is 13.6 Å². The second-order valence-electron chi connectivity index (χ2n) is 4.89. The van der Waals surface area contributed by atoms with Gasteiger partial charge in [0.25, 0.3) is 5.56 Å². The van der Waals surface area contributed by atoms with Crippen molar-refractivity contribution >= 4 is 27.0 Å². The number of aromatic nitrogens is 3. The smallest absolute Gasteiger partial charge is 0.387 e. The monoisotopic (exact) mass is 383 g/mol. The number of alkyl halides is 2. The lowest BCUT2D eigenvalue weighted by molar-refractivity contribution is -0.0505. The number of ether oxygens (including phenoxy) is 1. The summed E-state index contributed by atoms with van der Waals surface area (Å²) in [7, 11) is 1.61. The predicted octanol–water partition coefficient (Wildman–Crippen LogP) is 3.15. The van der Waals surface area contributed by atoms with Gasteiger partial charge in [0.05, 0.1) is 12.1 Å². The van der Waals surface area contributed by atoms with Gasteiger partial charge in [-0.25, -0.2) is 4.98 Å². The highest BCUT2D eigenvalue weighted by atomic mass is 79.9. The number of nitrogens with zero attached hydrogens (tertiary/aromatic N) is 3. The first-order chi connectivity index (χ1) is 11.0. The summed E-state index contributed by atoms with van der Waals surface area (Å²) in [5, 5.41) is 0. The van der Waals surface area contributed by atoms with Crippen LogP contribution < -0.4 is 10.3 Å². The van der Waals surface area contributed by atoms with Gasteiger partial charge < -0.3 is 4.74 Å². The Morgan fingerprint density at radius 1 is 1.35 bits per heavy atom. The fraction of sp³-hybridized carbons (Fsp3) is 0.200. The summed E-state index contributed by atoms with van der Waals surface area (Å²) >= 11 is 3.32. The van der Waals surface area contributed by atoms with Gasteiger partial charge in [-0.1, -0.05) is 18.2 Å². The molecule has 2 heterocycles. The average molecular weight is 384 g/mol. The third-order valence-electron chi connectivity index (χ3n) is 3.48. The molecule has 3 rings (SSSR count). The zero-order valence-electron chi connectivity index (χ0n) is 12.0. The van der Waals surface area contributed by atoms with Crippen LogP contribution in [0.1, 0.15) is 5.56 Å². The molecule has 0 saturated heterocycles. The summed E-state index contributed by atoms with van der Waals surface area (Å²) < 4.78 is 33.4. The van der Waals surface area contributed by atoms with Crippen molar-refractivity contribution in [1.29, 1.82) is 0 Å². The van der Waals surface area contributed by atoms with Gasteiger partial charge in [-0.3, -0.25) is 14.2 Å². The maximum absolute atomic E-state index is 12.5. The number of para-hydroxylation sites is 1. The zero-order chi connectivity index (χ0) is 16.6. The van der Waals surface area contributed by atoms with Gasteiger partial charge in [-0.2, -0.15) is 8.78 Å². The first-order valence-electron chi connectivity index (χ1n) is 6.71. The molecule has 0 N–H and O–H groups in total. The molecule has 0 aliphatic carbocycles. The van der Waals surface area contributed by atoms with E-state index >= 15 is 0 Å². The van der Waals surface area contributed by atoms with Crippen molar-refractivity contribution < 1.29 is 13.5 Å². The Bertz CT molecular complexity index is 921. The van der Waals surface area contributed by atoms with Gasteiger partial charge >= 0.3 is 6.61 Å². The van der Waals surface area contributed by atoms with Crippen molar-refractivity contribution in [2.45, 2.75) is 13.2 Å². The molecular weight excluding hydrogens is 372 g/mol. The second kappa shape index (κ2) is 6.11. The van der Waals surface area contributed by atoms with Crippen molar-refractivity contribution in [3.05, 3.63) is 56.9 Å². The van der Waals surface area contributed by atoms with E-state index in [1.807, 2.05) is 0 Å². The molecule has 8 heteroatoms. The first kappa shape index (κ1) is 15.7. The van der Waals surface area contributed by atoms with Crippen LogP contribution in [0, 0.1) is 0 Å². The largest absolute Gasteiger partial charge is 0.434 e. The molecule has 1 aromatic carbocycles. The van der Waals surface area contributed by atoms with Gasteiger partial charge in [0.1, 0.15) is 5.75 Å². The third-order valence-corrected chi connectivity index (χ3v) is 3.91. The summed E-state index contributed by atoms with van der Waals surface area (Å²) in [6, 6.07) is 8.26. The van der Waals surface area contributed by atoms with Crippen LogP contribution in [0.15, 0.2) is 45.8 Å². The minimum Gasteiger partial charge on any atom is -0.434 e. The molecule has 0 amide bonds. The Morgan fingerprint density at radius 2 is 2.09 bits per heavy atom.